The lowest BCUT2D eigenvalue weighted by Crippen LogP contribution is -2.28. The van der Waals surface area contributed by atoms with Gasteiger partial charge in [-0.25, -0.2) is 0 Å². The Morgan fingerprint density at radius 3 is 2.50 bits per heavy atom. The molecular formula is C18H21NO. The Balaban J connectivity index is 2.25. The molecule has 1 aromatic heterocycles. The molecule has 0 radical (unpaired) electrons. The molecule has 0 aliphatic heterocycles. The molecule has 1 unspecified atom stereocenters. The predicted molar refractivity (Wildman–Crippen MR) is 84.4 cm³/mol. The van der Waals surface area contributed by atoms with E-state index in [1.165, 1.54) is 11.1 Å². The fourth-order valence-corrected chi connectivity index (χ4v) is 2.63. The molecule has 0 N–H and O–H groups in total. The maximum absolute atomic E-state index is 5.37. The minimum absolute atomic E-state index is 0.0312. The van der Waals surface area contributed by atoms with Gasteiger partial charge in [-0.05, 0) is 29.5 Å². The third-order valence-electron chi connectivity index (χ3n) is 4.71. The molecule has 0 bridgehead atoms. The van der Waals surface area contributed by atoms with Crippen molar-refractivity contribution in [2.45, 2.75) is 34.6 Å². The summed E-state index contributed by atoms with van der Waals surface area (Å²) < 4.78 is 5.37. The van der Waals surface area contributed by atoms with Crippen LogP contribution in [0.2, 0.25) is 0 Å². The van der Waals surface area contributed by atoms with Crippen molar-refractivity contribution in [3.05, 3.63) is 41.1 Å². The monoisotopic (exact) mass is 267 g/mol. The molecule has 1 aliphatic carbocycles. The highest BCUT2D eigenvalue weighted by molar-refractivity contribution is 5.93. The van der Waals surface area contributed by atoms with Gasteiger partial charge in [0, 0.05) is 5.41 Å². The summed E-state index contributed by atoms with van der Waals surface area (Å²) in [5.74, 6) is 0. The van der Waals surface area contributed by atoms with Crippen molar-refractivity contribution in [1.29, 1.82) is 0 Å². The lowest BCUT2D eigenvalue weighted by molar-refractivity contribution is 0.230. The highest BCUT2D eigenvalue weighted by Gasteiger charge is 2.33. The van der Waals surface area contributed by atoms with Gasteiger partial charge in [0.15, 0.2) is 5.58 Å². The van der Waals surface area contributed by atoms with E-state index >= 15 is 0 Å². The van der Waals surface area contributed by atoms with Crippen LogP contribution < -0.4 is 0 Å². The van der Waals surface area contributed by atoms with E-state index in [0.717, 1.165) is 16.7 Å². The van der Waals surface area contributed by atoms with Crippen LogP contribution in [0.5, 0.6) is 0 Å². The van der Waals surface area contributed by atoms with Crippen molar-refractivity contribution >= 4 is 23.1 Å². The first kappa shape index (κ1) is 13.2. The molecule has 0 fully saturated rings. The predicted octanol–water partition coefficient (Wildman–Crippen LogP) is 5.23. The first-order valence-electron chi connectivity index (χ1n) is 7.09. The van der Waals surface area contributed by atoms with E-state index in [-0.39, 0.29) is 10.8 Å². The maximum Gasteiger partial charge on any atom is 0.167 e. The van der Waals surface area contributed by atoms with Crippen molar-refractivity contribution in [3.8, 4) is 0 Å². The van der Waals surface area contributed by atoms with E-state index in [0.29, 0.717) is 0 Å². The fraction of sp³-hybridized carbons (Fsp3) is 0.389. The van der Waals surface area contributed by atoms with Gasteiger partial charge in [-0.2, -0.15) is 0 Å². The van der Waals surface area contributed by atoms with Gasteiger partial charge >= 0.3 is 0 Å². The second-order valence-electron chi connectivity index (χ2n) is 6.91. The number of nitrogens with zero attached hydrogens (tertiary/aromatic N) is 1. The van der Waals surface area contributed by atoms with Gasteiger partial charge in [-0.15, -0.1) is 0 Å². The van der Waals surface area contributed by atoms with Gasteiger partial charge in [-0.3, -0.25) is 0 Å². The van der Waals surface area contributed by atoms with Gasteiger partial charge in [-0.1, -0.05) is 63.2 Å². The van der Waals surface area contributed by atoms with Gasteiger partial charge in [0.2, 0.25) is 0 Å². The summed E-state index contributed by atoms with van der Waals surface area (Å²) in [7, 11) is 0. The largest absolute Gasteiger partial charge is 0.356 e. The van der Waals surface area contributed by atoms with Crippen molar-refractivity contribution in [2.75, 3.05) is 0 Å². The molecule has 2 nitrogen and oxygen atoms in total. The quantitative estimate of drug-likeness (QED) is 0.653. The topological polar surface area (TPSA) is 26.0 Å². The summed E-state index contributed by atoms with van der Waals surface area (Å²) >= 11 is 0. The SMILES string of the molecule is Cc1noc2ccc3c(c12)C=CC(C)(C(C)(C)C)C=C3. The first-order chi connectivity index (χ1) is 9.32. The molecule has 3 rings (SSSR count). The molecule has 1 atom stereocenters. The smallest absolute Gasteiger partial charge is 0.167 e. The molecular weight excluding hydrogens is 246 g/mol. The van der Waals surface area contributed by atoms with Crippen LogP contribution >= 0.6 is 0 Å². The number of allylic oxidation sites excluding steroid dienone is 2. The van der Waals surface area contributed by atoms with Crippen LogP contribution in [-0.4, -0.2) is 5.16 Å². The zero-order valence-electron chi connectivity index (χ0n) is 12.8. The Labute approximate surface area is 120 Å². The molecule has 0 saturated carbocycles. The van der Waals surface area contributed by atoms with Crippen molar-refractivity contribution < 1.29 is 4.52 Å². The molecule has 1 aliphatic rings. The average molecular weight is 267 g/mol. The normalized spacial score (nSPS) is 22.1. The van der Waals surface area contributed by atoms with Crippen LogP contribution in [0.15, 0.2) is 28.8 Å². The lowest BCUT2D eigenvalue weighted by atomic mass is 9.68. The molecule has 0 spiro atoms. The highest BCUT2D eigenvalue weighted by atomic mass is 16.5. The number of aromatic nitrogens is 1. The van der Waals surface area contributed by atoms with Gasteiger partial charge in [0.05, 0.1) is 11.1 Å². The van der Waals surface area contributed by atoms with E-state index < -0.39 is 0 Å². The summed E-state index contributed by atoms with van der Waals surface area (Å²) in [6.45, 7) is 11.1. The standard InChI is InChI=1S/C18H21NO/c1-12-16-14-9-11-18(5,17(2,3)4)10-8-13(14)6-7-15(16)20-19-12/h6-11H,1-5H3. The van der Waals surface area contributed by atoms with Crippen molar-refractivity contribution in [2.24, 2.45) is 10.8 Å². The minimum Gasteiger partial charge on any atom is -0.356 e. The molecule has 1 heterocycles. The number of fused-ring (bicyclic) bond motifs is 3. The summed E-state index contributed by atoms with van der Waals surface area (Å²) in [6, 6.07) is 4.11. The third kappa shape index (κ3) is 1.82. The van der Waals surface area contributed by atoms with Crippen molar-refractivity contribution in [3.63, 3.8) is 0 Å². The van der Waals surface area contributed by atoms with E-state index in [1.54, 1.807) is 0 Å². The Morgan fingerprint density at radius 1 is 1.10 bits per heavy atom. The van der Waals surface area contributed by atoms with Crippen molar-refractivity contribution in [1.82, 2.24) is 5.16 Å². The molecule has 1 aromatic carbocycles. The summed E-state index contributed by atoms with van der Waals surface area (Å²) in [4.78, 5) is 0. The number of benzene rings is 1. The second kappa shape index (κ2) is 4.08. The maximum atomic E-state index is 5.37. The van der Waals surface area contributed by atoms with Crippen LogP contribution in [0.4, 0.5) is 0 Å². The third-order valence-corrected chi connectivity index (χ3v) is 4.71. The minimum atomic E-state index is 0.0312. The number of hydrogen-bond acceptors (Lipinski definition) is 2. The molecule has 0 saturated heterocycles. The lowest BCUT2D eigenvalue weighted by Gasteiger charge is -2.37. The fourth-order valence-electron chi connectivity index (χ4n) is 2.63. The Hall–Kier alpha value is -1.83. The molecule has 20 heavy (non-hydrogen) atoms. The van der Waals surface area contributed by atoms with Gasteiger partial charge in [0.25, 0.3) is 0 Å². The van der Waals surface area contributed by atoms with Gasteiger partial charge in [0.1, 0.15) is 0 Å². The first-order valence-corrected chi connectivity index (χ1v) is 7.09. The number of aryl methyl sites for hydroxylation is 1. The summed E-state index contributed by atoms with van der Waals surface area (Å²) in [6.07, 6.45) is 9.07. The van der Waals surface area contributed by atoms with Crippen LogP contribution in [0, 0.1) is 17.8 Å². The Bertz CT molecular complexity index is 728. The summed E-state index contributed by atoms with van der Waals surface area (Å²) in [5, 5.41) is 5.21. The van der Waals surface area contributed by atoms with E-state index in [4.69, 9.17) is 4.52 Å². The molecule has 104 valence electrons. The molecule has 2 heteroatoms. The zero-order valence-corrected chi connectivity index (χ0v) is 12.8. The van der Waals surface area contributed by atoms with Crippen LogP contribution in [0.25, 0.3) is 23.1 Å². The van der Waals surface area contributed by atoms with Crippen LogP contribution in [0.3, 0.4) is 0 Å². The average Bonchev–Trinajstić information content (AvgIpc) is 2.64. The molecule has 2 aromatic rings. The van der Waals surface area contributed by atoms with E-state index in [2.05, 4.69) is 63.2 Å². The number of hydrogen-bond donors (Lipinski definition) is 0. The van der Waals surface area contributed by atoms with Crippen LogP contribution in [0.1, 0.15) is 44.5 Å². The number of rotatable bonds is 0. The van der Waals surface area contributed by atoms with E-state index in [9.17, 15) is 0 Å². The highest BCUT2D eigenvalue weighted by Crippen LogP contribution is 2.44. The zero-order chi connectivity index (χ0) is 14.5. The molecule has 0 amide bonds. The Morgan fingerprint density at radius 2 is 1.80 bits per heavy atom. The second-order valence-corrected chi connectivity index (χ2v) is 6.91. The van der Waals surface area contributed by atoms with Crippen LogP contribution in [-0.2, 0) is 0 Å². The summed E-state index contributed by atoms with van der Waals surface area (Å²) in [5.41, 5.74) is 4.46. The van der Waals surface area contributed by atoms with E-state index in [1.807, 2.05) is 13.0 Å². The Kier molecular flexibility index (Phi) is 2.69. The van der Waals surface area contributed by atoms with Gasteiger partial charge < -0.3 is 4.52 Å².